The predicted octanol–water partition coefficient (Wildman–Crippen LogP) is 3.92. The van der Waals surface area contributed by atoms with E-state index in [1.807, 2.05) is 0 Å². The first-order valence-corrected chi connectivity index (χ1v) is 8.20. The summed E-state index contributed by atoms with van der Waals surface area (Å²) in [5.41, 5.74) is 1.37. The highest BCUT2D eigenvalue weighted by Gasteiger charge is 2.31. The number of hydrogen-bond acceptors (Lipinski definition) is 5. The lowest BCUT2D eigenvalue weighted by Gasteiger charge is -2.23. The van der Waals surface area contributed by atoms with E-state index < -0.39 is 0 Å². The molecule has 4 rings (SSSR count). The lowest BCUT2D eigenvalue weighted by Crippen LogP contribution is -2.25. The summed E-state index contributed by atoms with van der Waals surface area (Å²) in [6.45, 7) is 0.954. The van der Waals surface area contributed by atoms with Gasteiger partial charge in [-0.2, -0.15) is 11.3 Å². The van der Waals surface area contributed by atoms with Gasteiger partial charge >= 0.3 is 0 Å². The van der Waals surface area contributed by atoms with Crippen molar-refractivity contribution in [2.24, 2.45) is 0 Å². The number of rotatable bonds is 4. The number of aromatic nitrogens is 2. The summed E-state index contributed by atoms with van der Waals surface area (Å²) < 4.78 is 0. The van der Waals surface area contributed by atoms with E-state index in [9.17, 15) is 0 Å². The van der Waals surface area contributed by atoms with Gasteiger partial charge in [-0.3, -0.25) is 0 Å². The molecule has 96 valence electrons. The van der Waals surface area contributed by atoms with Crippen molar-refractivity contribution in [3.8, 4) is 0 Å². The minimum absolute atomic E-state index is 0.651. The van der Waals surface area contributed by atoms with E-state index >= 15 is 0 Å². The van der Waals surface area contributed by atoms with E-state index in [1.54, 1.807) is 29.0 Å². The Morgan fingerprint density at radius 1 is 1.21 bits per heavy atom. The van der Waals surface area contributed by atoms with Crippen LogP contribution in [0.3, 0.4) is 0 Å². The Labute approximate surface area is 119 Å². The summed E-state index contributed by atoms with van der Waals surface area (Å²) in [6.07, 6.45) is 4.25. The minimum Gasteiger partial charge on any atom is -0.349 e. The van der Waals surface area contributed by atoms with Crippen LogP contribution < -0.4 is 4.90 Å². The van der Waals surface area contributed by atoms with Crippen molar-refractivity contribution < 1.29 is 0 Å². The zero-order valence-corrected chi connectivity index (χ0v) is 12.0. The summed E-state index contributed by atoms with van der Waals surface area (Å²) >= 11 is 3.44. The smallest absolute Gasteiger partial charge is 0.141 e. The molecule has 0 N–H and O–H groups in total. The summed E-state index contributed by atoms with van der Waals surface area (Å²) in [5.74, 6) is 1.10. The van der Waals surface area contributed by atoms with Gasteiger partial charge in [-0.25, -0.2) is 9.97 Å². The number of hydrogen-bond donors (Lipinski definition) is 0. The Morgan fingerprint density at radius 3 is 2.95 bits per heavy atom. The van der Waals surface area contributed by atoms with Crippen molar-refractivity contribution in [3.05, 3.63) is 40.2 Å². The summed E-state index contributed by atoms with van der Waals surface area (Å²) in [5, 5.41) is 7.65. The van der Waals surface area contributed by atoms with Crippen LogP contribution in [0.15, 0.2) is 34.6 Å². The molecule has 0 aromatic carbocycles. The first kappa shape index (κ1) is 11.4. The second kappa shape index (κ2) is 4.58. The van der Waals surface area contributed by atoms with Gasteiger partial charge in [-0.05, 0) is 46.7 Å². The fourth-order valence-corrected chi connectivity index (χ4v) is 3.74. The molecular formula is C14H13N3S2. The first-order chi connectivity index (χ1) is 9.42. The molecule has 3 aromatic rings. The van der Waals surface area contributed by atoms with Crippen LogP contribution in [-0.2, 0) is 6.54 Å². The van der Waals surface area contributed by atoms with E-state index in [4.69, 9.17) is 0 Å². The van der Waals surface area contributed by atoms with Gasteiger partial charge in [0.1, 0.15) is 17.0 Å². The Bertz CT molecular complexity index is 686. The van der Waals surface area contributed by atoms with Gasteiger partial charge in [0.2, 0.25) is 0 Å². The highest BCUT2D eigenvalue weighted by molar-refractivity contribution is 7.16. The largest absolute Gasteiger partial charge is 0.349 e. The van der Waals surface area contributed by atoms with Crippen LogP contribution in [0.2, 0.25) is 0 Å². The third kappa shape index (κ3) is 2.13. The normalized spacial score (nSPS) is 14.9. The lowest BCUT2D eigenvalue weighted by molar-refractivity contribution is 0.783. The van der Waals surface area contributed by atoms with Crippen molar-refractivity contribution in [1.82, 2.24) is 9.97 Å². The zero-order chi connectivity index (χ0) is 12.7. The van der Waals surface area contributed by atoms with E-state index in [0.29, 0.717) is 6.04 Å². The molecule has 3 nitrogen and oxygen atoms in total. The molecular weight excluding hydrogens is 274 g/mol. The van der Waals surface area contributed by atoms with Crippen LogP contribution in [0.4, 0.5) is 5.82 Å². The van der Waals surface area contributed by atoms with Gasteiger partial charge in [0.25, 0.3) is 0 Å². The van der Waals surface area contributed by atoms with Crippen LogP contribution in [0.25, 0.3) is 10.2 Å². The quantitative estimate of drug-likeness (QED) is 0.728. The SMILES string of the molecule is c1nc(N(Cc2ccsc2)C2CC2)c2ccsc2n1. The standard InChI is InChI=1S/C14H13N3S2/c1-2-11(1)17(7-10-3-5-18-8-10)13-12-4-6-19-14(12)16-9-15-13/h3-6,8-9,11H,1-2,7H2. The monoisotopic (exact) mass is 287 g/mol. The first-order valence-electron chi connectivity index (χ1n) is 6.38. The molecule has 19 heavy (non-hydrogen) atoms. The Kier molecular flexibility index (Phi) is 2.74. The highest BCUT2D eigenvalue weighted by atomic mass is 32.1. The average Bonchev–Trinajstić information content (AvgIpc) is 2.95. The van der Waals surface area contributed by atoms with Crippen LogP contribution in [-0.4, -0.2) is 16.0 Å². The molecule has 0 atom stereocenters. The molecule has 0 amide bonds. The fourth-order valence-electron chi connectivity index (χ4n) is 2.35. The van der Waals surface area contributed by atoms with Gasteiger partial charge in [0.05, 0.1) is 5.39 Å². The van der Waals surface area contributed by atoms with Gasteiger partial charge in [0.15, 0.2) is 0 Å². The third-order valence-corrected chi connectivity index (χ3v) is 4.99. The highest BCUT2D eigenvalue weighted by Crippen LogP contribution is 2.36. The Morgan fingerprint density at radius 2 is 2.16 bits per heavy atom. The van der Waals surface area contributed by atoms with Crippen molar-refractivity contribution in [2.45, 2.75) is 25.4 Å². The molecule has 3 heterocycles. The molecule has 3 aromatic heterocycles. The number of fused-ring (bicyclic) bond motifs is 1. The molecule has 1 fully saturated rings. The summed E-state index contributed by atoms with van der Waals surface area (Å²) in [4.78, 5) is 12.4. The maximum atomic E-state index is 4.55. The average molecular weight is 287 g/mol. The van der Waals surface area contributed by atoms with E-state index in [-0.39, 0.29) is 0 Å². The topological polar surface area (TPSA) is 29.0 Å². The number of anilines is 1. The zero-order valence-electron chi connectivity index (χ0n) is 10.3. The molecule has 0 saturated heterocycles. The van der Waals surface area contributed by atoms with Gasteiger partial charge in [-0.1, -0.05) is 0 Å². The van der Waals surface area contributed by atoms with Crippen LogP contribution in [0, 0.1) is 0 Å². The summed E-state index contributed by atoms with van der Waals surface area (Å²) in [7, 11) is 0. The molecule has 0 bridgehead atoms. The lowest BCUT2D eigenvalue weighted by atomic mass is 10.2. The molecule has 1 aliphatic rings. The summed E-state index contributed by atoms with van der Waals surface area (Å²) in [6, 6.07) is 4.99. The number of thiophene rings is 2. The maximum absolute atomic E-state index is 4.55. The molecule has 0 unspecified atom stereocenters. The van der Waals surface area contributed by atoms with Crippen molar-refractivity contribution >= 4 is 38.7 Å². The number of nitrogens with zero attached hydrogens (tertiary/aromatic N) is 3. The van der Waals surface area contributed by atoms with Crippen LogP contribution in [0.1, 0.15) is 18.4 Å². The maximum Gasteiger partial charge on any atom is 0.141 e. The second-order valence-corrected chi connectivity index (χ2v) is 6.50. The van der Waals surface area contributed by atoms with E-state index in [2.05, 4.69) is 43.1 Å². The molecule has 0 spiro atoms. The molecule has 0 radical (unpaired) electrons. The van der Waals surface area contributed by atoms with Crippen LogP contribution in [0.5, 0.6) is 0 Å². The van der Waals surface area contributed by atoms with Gasteiger partial charge in [-0.15, -0.1) is 11.3 Å². The van der Waals surface area contributed by atoms with E-state index in [1.165, 1.54) is 23.8 Å². The Hall–Kier alpha value is -1.46. The predicted molar refractivity (Wildman–Crippen MR) is 80.9 cm³/mol. The van der Waals surface area contributed by atoms with Crippen LogP contribution >= 0.6 is 22.7 Å². The second-order valence-electron chi connectivity index (χ2n) is 4.83. The molecule has 5 heteroatoms. The minimum atomic E-state index is 0.651. The Balaban J connectivity index is 1.76. The molecule has 0 aliphatic heterocycles. The van der Waals surface area contributed by atoms with Crippen molar-refractivity contribution in [3.63, 3.8) is 0 Å². The molecule has 1 aliphatic carbocycles. The van der Waals surface area contributed by atoms with Gasteiger partial charge < -0.3 is 4.90 Å². The van der Waals surface area contributed by atoms with E-state index in [0.717, 1.165) is 17.2 Å². The van der Waals surface area contributed by atoms with Crippen molar-refractivity contribution in [1.29, 1.82) is 0 Å². The fraction of sp³-hybridized carbons (Fsp3) is 0.286. The third-order valence-electron chi connectivity index (χ3n) is 3.43. The van der Waals surface area contributed by atoms with Crippen molar-refractivity contribution in [2.75, 3.05) is 4.90 Å². The molecule has 1 saturated carbocycles. The van der Waals surface area contributed by atoms with Gasteiger partial charge in [0, 0.05) is 12.6 Å².